The third-order valence-corrected chi connectivity index (χ3v) is 4.09. The summed E-state index contributed by atoms with van der Waals surface area (Å²) in [4.78, 5) is 21.3. The van der Waals surface area contributed by atoms with Crippen LogP contribution in [0.25, 0.3) is 0 Å². The highest BCUT2D eigenvalue weighted by molar-refractivity contribution is 6.34. The molecular weight excluding hydrogens is 280 g/mol. The Labute approximate surface area is 135 Å². The molecule has 0 amide bonds. The van der Waals surface area contributed by atoms with Crippen LogP contribution in [0, 0.1) is 0 Å². The molecule has 2 N–H and O–H groups in total. The van der Waals surface area contributed by atoms with Crippen LogP contribution < -0.4 is 0 Å². The molecule has 0 aliphatic carbocycles. The molecule has 4 heteroatoms. The highest BCUT2D eigenvalue weighted by Crippen LogP contribution is 2.13. The van der Waals surface area contributed by atoms with Crippen molar-refractivity contribution in [3.05, 3.63) is 0 Å². The van der Waals surface area contributed by atoms with Crippen LogP contribution in [0.2, 0.25) is 0 Å². The van der Waals surface area contributed by atoms with E-state index in [1.165, 1.54) is 64.2 Å². The molecule has 0 spiro atoms. The zero-order valence-corrected chi connectivity index (χ0v) is 14.2. The lowest BCUT2D eigenvalue weighted by molar-refractivity contribution is -0.153. The number of carbonyl (C=O) groups is 2. The van der Waals surface area contributed by atoms with Crippen molar-refractivity contribution in [1.82, 2.24) is 0 Å². The number of carboxylic acid groups (broad SMARTS) is 1. The number of aliphatic hydroxyl groups excluding tert-OH is 1. The summed E-state index contributed by atoms with van der Waals surface area (Å²) in [6.07, 6.45) is 15.0. The number of rotatable bonds is 16. The number of Topliss-reactive ketones (excluding diaryl/α,β-unsaturated/α-hetero) is 1. The molecular formula is C18H34O4. The molecule has 0 aliphatic heterocycles. The largest absolute Gasteiger partial charge is 0.475 e. The molecule has 130 valence electrons. The van der Waals surface area contributed by atoms with E-state index in [1.54, 1.807) is 0 Å². The van der Waals surface area contributed by atoms with Crippen molar-refractivity contribution >= 4 is 11.8 Å². The number of hydrogen-bond donors (Lipinski definition) is 2. The second-order valence-corrected chi connectivity index (χ2v) is 6.22. The van der Waals surface area contributed by atoms with Gasteiger partial charge in [-0.15, -0.1) is 0 Å². The summed E-state index contributed by atoms with van der Waals surface area (Å²) in [6.45, 7) is 2.24. The molecule has 0 rings (SSSR count). The van der Waals surface area contributed by atoms with Gasteiger partial charge in [-0.05, 0) is 6.42 Å². The van der Waals surface area contributed by atoms with Gasteiger partial charge in [0, 0.05) is 0 Å². The normalized spacial score (nSPS) is 12.3. The number of ketones is 1. The van der Waals surface area contributed by atoms with Crippen molar-refractivity contribution < 1.29 is 19.8 Å². The van der Waals surface area contributed by atoms with Crippen molar-refractivity contribution in [2.45, 2.75) is 103 Å². The SMILES string of the molecule is CCCCCCCCCCCCCCCC(O)C(=O)C(=O)O. The maximum Gasteiger partial charge on any atom is 0.374 e. The van der Waals surface area contributed by atoms with Crippen LogP contribution in [-0.4, -0.2) is 28.1 Å². The summed E-state index contributed by atoms with van der Waals surface area (Å²) in [6, 6.07) is 0. The predicted molar refractivity (Wildman–Crippen MR) is 89.0 cm³/mol. The molecule has 0 radical (unpaired) electrons. The van der Waals surface area contributed by atoms with Crippen LogP contribution in [0.4, 0.5) is 0 Å². The van der Waals surface area contributed by atoms with Gasteiger partial charge in [0.2, 0.25) is 0 Å². The van der Waals surface area contributed by atoms with Crippen LogP contribution in [-0.2, 0) is 9.59 Å². The Morgan fingerprint density at radius 1 is 0.727 bits per heavy atom. The number of carbonyl (C=O) groups excluding carboxylic acids is 1. The quantitative estimate of drug-likeness (QED) is 0.325. The first-order valence-corrected chi connectivity index (χ1v) is 9.04. The van der Waals surface area contributed by atoms with Crippen LogP contribution in [0.15, 0.2) is 0 Å². The highest BCUT2D eigenvalue weighted by Gasteiger charge is 2.21. The second-order valence-electron chi connectivity index (χ2n) is 6.22. The molecule has 0 saturated carbocycles. The van der Waals surface area contributed by atoms with E-state index < -0.39 is 17.9 Å². The first kappa shape index (κ1) is 21.1. The Kier molecular flexibility index (Phi) is 14.4. The summed E-state index contributed by atoms with van der Waals surface area (Å²) in [5.74, 6) is -2.62. The van der Waals surface area contributed by atoms with Gasteiger partial charge in [0.05, 0.1) is 0 Å². The van der Waals surface area contributed by atoms with Gasteiger partial charge in [0.15, 0.2) is 0 Å². The monoisotopic (exact) mass is 314 g/mol. The lowest BCUT2D eigenvalue weighted by Crippen LogP contribution is -2.27. The van der Waals surface area contributed by atoms with Gasteiger partial charge in [0.25, 0.3) is 5.78 Å². The van der Waals surface area contributed by atoms with Gasteiger partial charge < -0.3 is 10.2 Å². The molecule has 1 atom stereocenters. The molecule has 0 heterocycles. The summed E-state index contributed by atoms with van der Waals surface area (Å²) in [5.41, 5.74) is 0. The molecule has 4 nitrogen and oxygen atoms in total. The minimum Gasteiger partial charge on any atom is -0.475 e. The number of unbranched alkanes of at least 4 members (excludes halogenated alkanes) is 12. The van der Waals surface area contributed by atoms with Crippen LogP contribution in [0.5, 0.6) is 0 Å². The molecule has 0 aromatic rings. The summed E-state index contributed by atoms with van der Waals surface area (Å²) < 4.78 is 0. The van der Waals surface area contributed by atoms with Crippen molar-refractivity contribution in [3.63, 3.8) is 0 Å². The van der Waals surface area contributed by atoms with Gasteiger partial charge in [-0.2, -0.15) is 0 Å². The van der Waals surface area contributed by atoms with Crippen molar-refractivity contribution in [1.29, 1.82) is 0 Å². The van der Waals surface area contributed by atoms with Crippen molar-refractivity contribution in [3.8, 4) is 0 Å². The van der Waals surface area contributed by atoms with Crippen LogP contribution in [0.3, 0.4) is 0 Å². The minimum absolute atomic E-state index is 0.267. The van der Waals surface area contributed by atoms with Crippen molar-refractivity contribution in [2.75, 3.05) is 0 Å². The van der Waals surface area contributed by atoms with Crippen LogP contribution >= 0.6 is 0 Å². The van der Waals surface area contributed by atoms with E-state index in [1.807, 2.05) is 0 Å². The smallest absolute Gasteiger partial charge is 0.374 e. The summed E-state index contributed by atoms with van der Waals surface area (Å²) in [7, 11) is 0. The number of aliphatic hydroxyl groups is 1. The van der Waals surface area contributed by atoms with E-state index in [9.17, 15) is 14.7 Å². The second kappa shape index (κ2) is 15.0. The third-order valence-electron chi connectivity index (χ3n) is 4.09. The molecule has 0 bridgehead atoms. The summed E-state index contributed by atoms with van der Waals surface area (Å²) >= 11 is 0. The van der Waals surface area contributed by atoms with Gasteiger partial charge in [-0.25, -0.2) is 4.79 Å². The molecule has 0 saturated heterocycles. The zero-order valence-electron chi connectivity index (χ0n) is 14.2. The fourth-order valence-corrected chi connectivity index (χ4v) is 2.63. The lowest BCUT2D eigenvalue weighted by Gasteiger charge is -2.06. The van der Waals surface area contributed by atoms with Crippen molar-refractivity contribution in [2.24, 2.45) is 0 Å². The third kappa shape index (κ3) is 12.8. The topological polar surface area (TPSA) is 74.6 Å². The van der Waals surface area contributed by atoms with Gasteiger partial charge in [-0.3, -0.25) is 4.79 Å². The predicted octanol–water partition coefficient (Wildman–Crippen LogP) is 4.48. The molecule has 22 heavy (non-hydrogen) atoms. The summed E-state index contributed by atoms with van der Waals surface area (Å²) in [5, 5.41) is 17.8. The highest BCUT2D eigenvalue weighted by atomic mass is 16.4. The van der Waals surface area contributed by atoms with E-state index in [0.717, 1.165) is 19.3 Å². The standard InChI is InChI=1S/C18H34O4/c1-2-3-4-5-6-7-8-9-10-11-12-13-14-15-16(19)17(20)18(21)22/h16,19H,2-15H2,1H3,(H,21,22). The molecule has 0 aromatic carbocycles. The fraction of sp³-hybridized carbons (Fsp3) is 0.889. The molecule has 0 fully saturated rings. The van der Waals surface area contributed by atoms with Gasteiger partial charge >= 0.3 is 5.97 Å². The maximum absolute atomic E-state index is 10.9. The Hall–Kier alpha value is -0.900. The Morgan fingerprint density at radius 3 is 1.45 bits per heavy atom. The van der Waals surface area contributed by atoms with E-state index in [-0.39, 0.29) is 6.42 Å². The Morgan fingerprint density at radius 2 is 1.09 bits per heavy atom. The first-order valence-electron chi connectivity index (χ1n) is 9.04. The minimum atomic E-state index is -1.54. The van der Waals surface area contributed by atoms with E-state index in [0.29, 0.717) is 0 Å². The average Bonchev–Trinajstić information content (AvgIpc) is 2.50. The molecule has 0 aromatic heterocycles. The average molecular weight is 314 g/mol. The fourth-order valence-electron chi connectivity index (χ4n) is 2.63. The zero-order chi connectivity index (χ0) is 16.6. The van der Waals surface area contributed by atoms with Gasteiger partial charge in [0.1, 0.15) is 6.10 Å². The first-order chi connectivity index (χ1) is 10.6. The van der Waals surface area contributed by atoms with E-state index in [4.69, 9.17) is 5.11 Å². The number of carboxylic acids is 1. The van der Waals surface area contributed by atoms with E-state index >= 15 is 0 Å². The Bertz CT molecular complexity index is 289. The van der Waals surface area contributed by atoms with Gasteiger partial charge in [-0.1, -0.05) is 90.4 Å². The Balaban J connectivity index is 3.21. The molecule has 1 unspecified atom stereocenters. The lowest BCUT2D eigenvalue weighted by atomic mass is 10.0. The van der Waals surface area contributed by atoms with Crippen LogP contribution in [0.1, 0.15) is 96.8 Å². The molecule has 0 aliphatic rings. The number of aliphatic carboxylic acids is 1. The number of hydrogen-bond acceptors (Lipinski definition) is 3. The maximum atomic E-state index is 10.9. The van der Waals surface area contributed by atoms with E-state index in [2.05, 4.69) is 6.92 Å².